The van der Waals surface area contributed by atoms with Crippen LogP contribution >= 0.6 is 0 Å². The molecule has 1 aliphatic rings. The molecule has 1 heterocycles. The van der Waals surface area contributed by atoms with Crippen LogP contribution in [0, 0.1) is 0 Å². The van der Waals surface area contributed by atoms with Gasteiger partial charge in [0.1, 0.15) is 0 Å². The summed E-state index contributed by atoms with van der Waals surface area (Å²) in [5, 5.41) is 4.27. The molecule has 3 heteroatoms. The molecule has 2 nitrogen and oxygen atoms in total. The molecule has 1 rings (SSSR count). The molecule has 0 unspecified atom stereocenters. The summed E-state index contributed by atoms with van der Waals surface area (Å²) in [6.07, 6.45) is 0. The van der Waals surface area contributed by atoms with Crippen LogP contribution in [0.4, 0.5) is 0 Å². The normalized spacial score (nSPS) is 17.8. The molecule has 0 spiro atoms. The fourth-order valence-electron chi connectivity index (χ4n) is 1.14. The minimum absolute atomic E-state index is 0. The van der Waals surface area contributed by atoms with Gasteiger partial charge in [-0.15, -0.1) is 13.1 Å². The van der Waals surface area contributed by atoms with Crippen molar-refractivity contribution in [3.8, 4) is 0 Å². The molecule has 0 aromatic carbocycles. The number of hydrogen-bond acceptors (Lipinski definition) is 1. The second-order valence-corrected chi connectivity index (χ2v) is 2.80. The van der Waals surface area contributed by atoms with Crippen LogP contribution in [-0.4, -0.2) is 37.1 Å². The Bertz CT molecular complexity index is 80.6. The zero-order valence-corrected chi connectivity index (χ0v) is 14.2. The van der Waals surface area contributed by atoms with Gasteiger partial charge in [-0.2, -0.15) is 0 Å². The number of rotatable bonds is 1. The van der Waals surface area contributed by atoms with E-state index >= 15 is 0 Å². The third-order valence-electron chi connectivity index (χ3n) is 1.82. The summed E-state index contributed by atoms with van der Waals surface area (Å²) in [5.74, 6) is 0. The van der Waals surface area contributed by atoms with Gasteiger partial charge in [0.2, 0.25) is 0 Å². The van der Waals surface area contributed by atoms with Gasteiger partial charge in [0.05, 0.1) is 0 Å². The van der Waals surface area contributed by atoms with Gasteiger partial charge in [-0.25, -0.2) is 0 Å². The largest absolute Gasteiger partial charge is 1.00 e. The summed E-state index contributed by atoms with van der Waals surface area (Å²) in [6.45, 7) is 12.9. The molecule has 1 aliphatic heterocycles. The summed E-state index contributed by atoms with van der Waals surface area (Å²) in [4.78, 5) is 2.47. The second kappa shape index (κ2) is 10.8. The van der Waals surface area contributed by atoms with Crippen LogP contribution in [0.25, 0.3) is 5.32 Å². The molecule has 12 heavy (non-hydrogen) atoms. The molecule has 0 atom stereocenters. The van der Waals surface area contributed by atoms with Crippen LogP contribution in [0.5, 0.6) is 0 Å². The molecular formula is C9H21N2Rb. The van der Waals surface area contributed by atoms with E-state index in [-0.39, 0.29) is 58.2 Å². The van der Waals surface area contributed by atoms with Crippen molar-refractivity contribution in [3.05, 3.63) is 5.32 Å². The quantitative estimate of drug-likeness (QED) is 0.584. The van der Waals surface area contributed by atoms with Crippen molar-refractivity contribution in [2.75, 3.05) is 26.2 Å². The first-order chi connectivity index (χ1) is 5.30. The Morgan fingerprint density at radius 2 is 1.50 bits per heavy atom. The van der Waals surface area contributed by atoms with Crippen LogP contribution in [0.2, 0.25) is 0 Å². The third kappa shape index (κ3) is 7.16. The van der Waals surface area contributed by atoms with Crippen LogP contribution in [0.1, 0.15) is 27.7 Å². The van der Waals surface area contributed by atoms with Gasteiger partial charge in [-0.1, -0.05) is 13.8 Å². The standard InChI is InChI=1S/C7H15N2.C2H6.Rb/c1-7(2)9-5-3-8-4-6-9;1-2;/h7H,3-6H2,1-2H3;1-2H3;/q-1;;+1. The van der Waals surface area contributed by atoms with Gasteiger partial charge in [0.25, 0.3) is 0 Å². The summed E-state index contributed by atoms with van der Waals surface area (Å²) in [7, 11) is 0. The summed E-state index contributed by atoms with van der Waals surface area (Å²) in [6, 6.07) is 0.709. The van der Waals surface area contributed by atoms with E-state index in [9.17, 15) is 0 Å². The minimum atomic E-state index is 0. The van der Waals surface area contributed by atoms with E-state index in [0.717, 1.165) is 26.2 Å². The molecule has 0 aromatic rings. The van der Waals surface area contributed by atoms with Crippen molar-refractivity contribution in [1.82, 2.24) is 4.90 Å². The Morgan fingerprint density at radius 1 is 1.08 bits per heavy atom. The topological polar surface area (TPSA) is 17.3 Å². The van der Waals surface area contributed by atoms with E-state index in [1.807, 2.05) is 13.8 Å². The Hall–Kier alpha value is 1.73. The Balaban J connectivity index is 0. The van der Waals surface area contributed by atoms with Crippen molar-refractivity contribution < 1.29 is 58.2 Å². The summed E-state index contributed by atoms with van der Waals surface area (Å²) in [5.41, 5.74) is 0. The first kappa shape index (κ1) is 16.2. The molecule has 0 N–H and O–H groups in total. The van der Waals surface area contributed by atoms with Crippen molar-refractivity contribution >= 4 is 0 Å². The third-order valence-corrected chi connectivity index (χ3v) is 1.82. The molecule has 1 saturated heterocycles. The fraction of sp³-hybridized carbons (Fsp3) is 1.00. The SMILES string of the molecule is CC.CC(C)N1CC[N-]CC1.[Rb+]. The van der Waals surface area contributed by atoms with Gasteiger partial charge in [-0.05, 0) is 26.9 Å². The van der Waals surface area contributed by atoms with E-state index in [1.165, 1.54) is 0 Å². The monoisotopic (exact) mass is 242 g/mol. The average molecular weight is 243 g/mol. The minimum Gasteiger partial charge on any atom is -0.660 e. The molecule has 0 amide bonds. The molecule has 68 valence electrons. The maximum absolute atomic E-state index is 4.27. The number of hydrogen-bond donors (Lipinski definition) is 0. The second-order valence-electron chi connectivity index (χ2n) is 2.80. The maximum Gasteiger partial charge on any atom is 1.00 e. The maximum atomic E-state index is 4.27. The molecular weight excluding hydrogens is 222 g/mol. The Morgan fingerprint density at radius 3 is 1.75 bits per heavy atom. The van der Waals surface area contributed by atoms with Crippen LogP contribution in [-0.2, 0) is 0 Å². The predicted molar refractivity (Wildman–Crippen MR) is 51.2 cm³/mol. The smallest absolute Gasteiger partial charge is 0.660 e. The Kier molecular flexibility index (Phi) is 14.6. The van der Waals surface area contributed by atoms with Crippen molar-refractivity contribution in [3.63, 3.8) is 0 Å². The molecule has 1 fully saturated rings. The van der Waals surface area contributed by atoms with Gasteiger partial charge < -0.3 is 10.2 Å². The fourth-order valence-corrected chi connectivity index (χ4v) is 1.14. The number of piperazine rings is 1. The first-order valence-corrected chi connectivity index (χ1v) is 4.68. The molecule has 0 aromatic heterocycles. The van der Waals surface area contributed by atoms with E-state index in [2.05, 4.69) is 24.1 Å². The van der Waals surface area contributed by atoms with Gasteiger partial charge in [0.15, 0.2) is 0 Å². The van der Waals surface area contributed by atoms with E-state index in [0.29, 0.717) is 6.04 Å². The molecule has 0 radical (unpaired) electrons. The van der Waals surface area contributed by atoms with Gasteiger partial charge in [-0.3, -0.25) is 0 Å². The van der Waals surface area contributed by atoms with E-state index < -0.39 is 0 Å². The zero-order chi connectivity index (χ0) is 8.69. The van der Waals surface area contributed by atoms with Crippen LogP contribution in [0.3, 0.4) is 0 Å². The first-order valence-electron chi connectivity index (χ1n) is 4.68. The van der Waals surface area contributed by atoms with Crippen LogP contribution < -0.4 is 58.2 Å². The molecule has 0 saturated carbocycles. The molecule has 0 aliphatic carbocycles. The zero-order valence-electron chi connectivity index (χ0n) is 9.30. The Labute approximate surface area is 126 Å². The van der Waals surface area contributed by atoms with Gasteiger partial charge >= 0.3 is 58.2 Å². The van der Waals surface area contributed by atoms with Crippen molar-refractivity contribution in [2.24, 2.45) is 0 Å². The van der Waals surface area contributed by atoms with E-state index in [4.69, 9.17) is 0 Å². The van der Waals surface area contributed by atoms with Crippen molar-refractivity contribution in [1.29, 1.82) is 0 Å². The summed E-state index contributed by atoms with van der Waals surface area (Å²) >= 11 is 0. The van der Waals surface area contributed by atoms with E-state index in [1.54, 1.807) is 0 Å². The average Bonchev–Trinajstić information content (AvgIpc) is 2.10. The van der Waals surface area contributed by atoms with Crippen LogP contribution in [0.15, 0.2) is 0 Å². The predicted octanol–water partition coefficient (Wildman–Crippen LogP) is -0.886. The van der Waals surface area contributed by atoms with Gasteiger partial charge in [0, 0.05) is 6.04 Å². The van der Waals surface area contributed by atoms with Crippen molar-refractivity contribution in [2.45, 2.75) is 33.7 Å². The molecule has 0 bridgehead atoms. The number of nitrogens with zero attached hydrogens (tertiary/aromatic N) is 2. The summed E-state index contributed by atoms with van der Waals surface area (Å²) < 4.78 is 0.